The van der Waals surface area contributed by atoms with Crippen molar-refractivity contribution < 1.29 is 13.5 Å². The molecule has 1 aromatic rings. The van der Waals surface area contributed by atoms with Crippen molar-refractivity contribution in [3.63, 3.8) is 0 Å². The lowest BCUT2D eigenvalue weighted by Crippen LogP contribution is -2.39. The Labute approximate surface area is 124 Å². The van der Waals surface area contributed by atoms with Crippen molar-refractivity contribution >= 4 is 27.5 Å². The van der Waals surface area contributed by atoms with E-state index in [0.717, 1.165) is 4.90 Å². The van der Waals surface area contributed by atoms with Crippen molar-refractivity contribution in [3.05, 3.63) is 24.3 Å². The van der Waals surface area contributed by atoms with E-state index in [1.54, 1.807) is 12.1 Å². The maximum Gasteiger partial charge on any atom is 0.212 e. The summed E-state index contributed by atoms with van der Waals surface area (Å²) in [6.45, 7) is 0.436. The van der Waals surface area contributed by atoms with Crippen molar-refractivity contribution in [2.24, 2.45) is 5.92 Å². The van der Waals surface area contributed by atoms with Gasteiger partial charge >= 0.3 is 0 Å². The Morgan fingerprint density at radius 2 is 1.95 bits per heavy atom. The van der Waals surface area contributed by atoms with Gasteiger partial charge in [0.25, 0.3) is 0 Å². The third-order valence-corrected chi connectivity index (χ3v) is 5.92. The molecule has 0 amide bonds. The van der Waals surface area contributed by atoms with E-state index in [9.17, 15) is 8.42 Å². The molecule has 1 aromatic carbocycles. The number of nitrogens with two attached hydrogens (primary N) is 1. The van der Waals surface area contributed by atoms with Gasteiger partial charge in [0, 0.05) is 22.9 Å². The zero-order valence-electron chi connectivity index (χ0n) is 11.2. The van der Waals surface area contributed by atoms with E-state index in [2.05, 4.69) is 4.72 Å². The Hall–Kier alpha value is -0.760. The largest absolute Gasteiger partial charge is 0.399 e. The standard InChI is InChI=1S/C13H20N2O3S2/c14-11-1-3-13(4-2-11)19-5-6-20(17,18)15-9-10-7-12(16)8-10/h1-4,10,12,15-16H,5-9,14H2. The Bertz CT molecular complexity index is 525. The van der Waals surface area contributed by atoms with E-state index in [0.29, 0.717) is 30.8 Å². The van der Waals surface area contributed by atoms with Crippen LogP contribution >= 0.6 is 11.8 Å². The second-order valence-electron chi connectivity index (χ2n) is 5.08. The van der Waals surface area contributed by atoms with E-state index in [4.69, 9.17) is 10.8 Å². The van der Waals surface area contributed by atoms with Crippen LogP contribution in [0.15, 0.2) is 29.2 Å². The normalized spacial score (nSPS) is 22.4. The molecule has 0 unspecified atom stereocenters. The Morgan fingerprint density at radius 3 is 2.55 bits per heavy atom. The summed E-state index contributed by atoms with van der Waals surface area (Å²) in [6, 6.07) is 7.37. The molecule has 1 fully saturated rings. The molecular formula is C13H20N2O3S2. The highest BCUT2D eigenvalue weighted by Gasteiger charge is 2.27. The fourth-order valence-corrected chi connectivity index (χ4v) is 4.43. The van der Waals surface area contributed by atoms with Crippen LogP contribution in [0, 0.1) is 5.92 Å². The van der Waals surface area contributed by atoms with Gasteiger partial charge in [-0.1, -0.05) is 0 Å². The Morgan fingerprint density at radius 1 is 1.30 bits per heavy atom. The van der Waals surface area contributed by atoms with Crippen LogP contribution in [0.5, 0.6) is 0 Å². The first kappa shape index (κ1) is 15.6. The minimum Gasteiger partial charge on any atom is -0.399 e. The number of nitrogen functional groups attached to an aromatic ring is 1. The van der Waals surface area contributed by atoms with Gasteiger partial charge in [-0.2, -0.15) is 0 Å². The summed E-state index contributed by atoms with van der Waals surface area (Å²) < 4.78 is 26.2. The lowest BCUT2D eigenvalue weighted by Gasteiger charge is -2.31. The number of benzene rings is 1. The average Bonchev–Trinajstić information content (AvgIpc) is 2.36. The van der Waals surface area contributed by atoms with Crippen LogP contribution < -0.4 is 10.5 Å². The lowest BCUT2D eigenvalue weighted by molar-refractivity contribution is 0.0453. The summed E-state index contributed by atoms with van der Waals surface area (Å²) in [4.78, 5) is 1.01. The topological polar surface area (TPSA) is 92.4 Å². The molecule has 7 heteroatoms. The number of hydrogen-bond donors (Lipinski definition) is 3. The number of rotatable bonds is 7. The first-order valence-electron chi connectivity index (χ1n) is 6.58. The fraction of sp³-hybridized carbons (Fsp3) is 0.538. The number of aliphatic hydroxyl groups excluding tert-OH is 1. The number of sulfonamides is 1. The third-order valence-electron chi connectivity index (χ3n) is 3.30. The SMILES string of the molecule is Nc1ccc(SCCS(=O)(=O)NCC2CC(O)C2)cc1. The highest BCUT2D eigenvalue weighted by molar-refractivity contribution is 8.00. The van der Waals surface area contributed by atoms with Gasteiger partial charge in [-0.15, -0.1) is 11.8 Å². The van der Waals surface area contributed by atoms with Gasteiger partial charge in [-0.05, 0) is 43.0 Å². The molecule has 0 aromatic heterocycles. The molecule has 0 bridgehead atoms. The number of aliphatic hydroxyl groups is 1. The molecular weight excluding hydrogens is 296 g/mol. The quantitative estimate of drug-likeness (QED) is 0.516. The van der Waals surface area contributed by atoms with Gasteiger partial charge in [0.15, 0.2) is 0 Å². The van der Waals surface area contributed by atoms with Crippen molar-refractivity contribution in [1.82, 2.24) is 4.72 Å². The molecule has 20 heavy (non-hydrogen) atoms. The molecule has 1 saturated carbocycles. The van der Waals surface area contributed by atoms with Crippen LogP contribution in [-0.2, 0) is 10.0 Å². The van der Waals surface area contributed by atoms with Crippen LogP contribution in [0.1, 0.15) is 12.8 Å². The van der Waals surface area contributed by atoms with Crippen molar-refractivity contribution in [1.29, 1.82) is 0 Å². The zero-order chi connectivity index (χ0) is 14.6. The number of nitrogens with one attached hydrogen (secondary N) is 1. The lowest BCUT2D eigenvalue weighted by atomic mass is 9.83. The van der Waals surface area contributed by atoms with Crippen molar-refractivity contribution in [2.45, 2.75) is 23.8 Å². The maximum atomic E-state index is 11.8. The smallest absolute Gasteiger partial charge is 0.212 e. The van der Waals surface area contributed by atoms with Gasteiger partial charge in [0.2, 0.25) is 10.0 Å². The maximum absolute atomic E-state index is 11.8. The summed E-state index contributed by atoms with van der Waals surface area (Å²) in [7, 11) is -3.23. The minimum atomic E-state index is -3.23. The predicted octanol–water partition coefficient (Wildman–Crippen LogP) is 1.05. The van der Waals surface area contributed by atoms with Gasteiger partial charge in [-0.3, -0.25) is 0 Å². The fourth-order valence-electron chi connectivity index (χ4n) is 2.02. The second kappa shape index (κ2) is 6.80. The summed E-state index contributed by atoms with van der Waals surface area (Å²) in [5.74, 6) is 0.883. The summed E-state index contributed by atoms with van der Waals surface area (Å²) >= 11 is 1.50. The van der Waals surface area contributed by atoms with Gasteiger partial charge in [0.1, 0.15) is 0 Å². The van der Waals surface area contributed by atoms with E-state index >= 15 is 0 Å². The summed E-state index contributed by atoms with van der Waals surface area (Å²) in [5, 5.41) is 9.15. The average molecular weight is 316 g/mol. The van der Waals surface area contributed by atoms with E-state index in [1.807, 2.05) is 12.1 Å². The molecule has 2 rings (SSSR count). The summed E-state index contributed by atoms with van der Waals surface area (Å²) in [5.41, 5.74) is 6.29. The molecule has 0 atom stereocenters. The molecule has 0 radical (unpaired) electrons. The molecule has 1 aliphatic rings. The molecule has 0 spiro atoms. The minimum absolute atomic E-state index is 0.0946. The van der Waals surface area contributed by atoms with Crippen LogP contribution in [-0.4, -0.2) is 37.7 Å². The molecule has 0 saturated heterocycles. The first-order valence-corrected chi connectivity index (χ1v) is 9.22. The molecule has 5 nitrogen and oxygen atoms in total. The molecule has 1 aliphatic carbocycles. The number of thioether (sulfide) groups is 1. The number of anilines is 1. The van der Waals surface area contributed by atoms with Gasteiger partial charge in [0.05, 0.1) is 11.9 Å². The van der Waals surface area contributed by atoms with Gasteiger partial charge in [-0.25, -0.2) is 13.1 Å². The van der Waals surface area contributed by atoms with E-state index in [1.165, 1.54) is 11.8 Å². The van der Waals surface area contributed by atoms with Crippen molar-refractivity contribution in [3.8, 4) is 0 Å². The summed E-state index contributed by atoms with van der Waals surface area (Å²) in [6.07, 6.45) is 1.15. The van der Waals surface area contributed by atoms with Gasteiger partial charge < -0.3 is 10.8 Å². The molecule has 4 N–H and O–H groups in total. The van der Waals surface area contributed by atoms with Crippen LogP contribution in [0.2, 0.25) is 0 Å². The van der Waals surface area contributed by atoms with Crippen molar-refractivity contribution in [2.75, 3.05) is 23.8 Å². The second-order valence-corrected chi connectivity index (χ2v) is 8.17. The predicted molar refractivity (Wildman–Crippen MR) is 82.1 cm³/mol. The monoisotopic (exact) mass is 316 g/mol. The van der Waals surface area contributed by atoms with E-state index < -0.39 is 10.0 Å². The van der Waals surface area contributed by atoms with Crippen LogP contribution in [0.4, 0.5) is 5.69 Å². The molecule has 0 heterocycles. The first-order chi connectivity index (χ1) is 9.44. The Balaban J connectivity index is 1.68. The molecule has 0 aliphatic heterocycles. The van der Waals surface area contributed by atoms with Crippen LogP contribution in [0.25, 0.3) is 0 Å². The highest BCUT2D eigenvalue weighted by atomic mass is 32.2. The zero-order valence-corrected chi connectivity index (χ0v) is 12.8. The highest BCUT2D eigenvalue weighted by Crippen LogP contribution is 2.26. The van der Waals surface area contributed by atoms with Crippen LogP contribution in [0.3, 0.4) is 0 Å². The molecule has 112 valence electrons. The number of hydrogen-bond acceptors (Lipinski definition) is 5. The Kier molecular flexibility index (Phi) is 5.31. The van der Waals surface area contributed by atoms with E-state index in [-0.39, 0.29) is 17.8 Å². The third kappa shape index (κ3) is 4.97.